The summed E-state index contributed by atoms with van der Waals surface area (Å²) in [6, 6.07) is 14.3. The van der Waals surface area contributed by atoms with E-state index in [-0.39, 0.29) is 11.5 Å². The summed E-state index contributed by atoms with van der Waals surface area (Å²) >= 11 is 3.39. The Kier molecular flexibility index (Phi) is 7.31. The molecule has 0 aromatic heterocycles. The molecule has 0 saturated carbocycles. The van der Waals surface area contributed by atoms with Gasteiger partial charge in [-0.3, -0.25) is 20.2 Å². The first-order chi connectivity index (χ1) is 15.7. The second-order valence-corrected chi connectivity index (χ2v) is 7.48. The Morgan fingerprint density at radius 3 is 2.39 bits per heavy atom. The maximum absolute atomic E-state index is 11.9. The molecule has 2 amide bonds. The van der Waals surface area contributed by atoms with Crippen molar-refractivity contribution in [3.05, 3.63) is 96.5 Å². The van der Waals surface area contributed by atoms with Gasteiger partial charge in [-0.05, 0) is 66.6 Å². The Morgan fingerprint density at radius 2 is 1.76 bits per heavy atom. The summed E-state index contributed by atoms with van der Waals surface area (Å²) < 4.78 is 6.43. The zero-order chi connectivity index (χ0) is 24.0. The smallest absolute Gasteiger partial charge is 0.339 e. The van der Waals surface area contributed by atoms with E-state index in [1.807, 2.05) is 13.0 Å². The van der Waals surface area contributed by atoms with Gasteiger partial charge in [-0.1, -0.05) is 15.9 Å². The number of aryl methyl sites for hydroxylation is 1. The molecular weight excluding hydrogens is 498 g/mol. The topological polar surface area (TPSA) is 149 Å². The van der Waals surface area contributed by atoms with Crippen LogP contribution in [0.5, 0.6) is 11.5 Å². The monoisotopic (exact) mass is 513 g/mol. The Morgan fingerprint density at radius 1 is 1.03 bits per heavy atom. The highest BCUT2D eigenvalue weighted by molar-refractivity contribution is 9.10. The first kappa shape index (κ1) is 23.3. The molecule has 0 radical (unpaired) electrons. The van der Waals surface area contributed by atoms with Gasteiger partial charge in [-0.25, -0.2) is 10.2 Å². The van der Waals surface area contributed by atoms with Crippen LogP contribution in [0.25, 0.3) is 0 Å². The van der Waals surface area contributed by atoms with E-state index in [4.69, 9.17) is 4.74 Å². The van der Waals surface area contributed by atoms with E-state index in [9.17, 15) is 25.0 Å². The molecule has 0 fully saturated rings. The van der Waals surface area contributed by atoms with Crippen LogP contribution in [0.15, 0.2) is 70.2 Å². The standard InChI is InChI=1S/C21H16BrN5O6/c1-13-10-15(4-8-18(13)22)24-21(28)25-23-12-14-2-6-17(7-3-14)33-20-9-5-16(26(29)30)11-19(20)27(31)32/h2-12H,1H3,(H2,24,25,28)/b23-12+. The number of nitrogens with zero attached hydrogens (tertiary/aromatic N) is 3. The number of benzene rings is 3. The predicted octanol–water partition coefficient (Wildman–Crippen LogP) is 5.52. The highest BCUT2D eigenvalue weighted by Gasteiger charge is 2.21. The van der Waals surface area contributed by atoms with E-state index < -0.39 is 27.3 Å². The molecule has 0 spiro atoms. The molecular formula is C21H16BrN5O6. The first-order valence-electron chi connectivity index (χ1n) is 9.30. The quantitative estimate of drug-likeness (QED) is 0.241. The summed E-state index contributed by atoms with van der Waals surface area (Å²) in [6.07, 6.45) is 1.41. The van der Waals surface area contributed by atoms with Gasteiger partial charge in [0.05, 0.1) is 22.1 Å². The zero-order valence-corrected chi connectivity index (χ0v) is 18.6. The van der Waals surface area contributed by atoms with Crippen molar-refractivity contribution >= 4 is 45.2 Å². The largest absolute Gasteiger partial charge is 0.450 e. The van der Waals surface area contributed by atoms with Crippen molar-refractivity contribution in [3.8, 4) is 11.5 Å². The molecule has 33 heavy (non-hydrogen) atoms. The number of carbonyl (C=O) groups is 1. The van der Waals surface area contributed by atoms with Crippen molar-refractivity contribution in [1.82, 2.24) is 5.43 Å². The molecule has 0 heterocycles. The van der Waals surface area contributed by atoms with E-state index in [1.54, 1.807) is 24.3 Å². The Labute approximate surface area is 195 Å². The van der Waals surface area contributed by atoms with Gasteiger partial charge in [-0.2, -0.15) is 5.10 Å². The molecule has 0 bridgehead atoms. The molecule has 168 valence electrons. The van der Waals surface area contributed by atoms with E-state index >= 15 is 0 Å². The summed E-state index contributed by atoms with van der Waals surface area (Å²) in [5.41, 5.74) is 3.63. The number of carbonyl (C=O) groups excluding carboxylic acids is 1. The number of nitro groups is 2. The SMILES string of the molecule is Cc1cc(NC(=O)N/N=C/c2ccc(Oc3ccc([N+](=O)[O-])cc3[N+](=O)[O-])cc2)ccc1Br. The van der Waals surface area contributed by atoms with Crippen LogP contribution in [0.2, 0.25) is 0 Å². The number of ether oxygens (including phenoxy) is 1. The summed E-state index contributed by atoms with van der Waals surface area (Å²) in [7, 11) is 0. The lowest BCUT2D eigenvalue weighted by atomic mass is 10.2. The average molecular weight is 514 g/mol. The number of nitro benzene ring substituents is 2. The van der Waals surface area contributed by atoms with Gasteiger partial charge < -0.3 is 10.1 Å². The number of halogens is 1. The fourth-order valence-corrected chi connectivity index (χ4v) is 2.89. The third-order valence-corrected chi connectivity index (χ3v) is 5.14. The van der Waals surface area contributed by atoms with Crippen LogP contribution in [0.3, 0.4) is 0 Å². The van der Waals surface area contributed by atoms with Crippen LogP contribution in [-0.2, 0) is 0 Å². The van der Waals surface area contributed by atoms with Crippen LogP contribution in [0.4, 0.5) is 21.9 Å². The minimum atomic E-state index is -0.754. The molecule has 0 aliphatic carbocycles. The Balaban J connectivity index is 1.60. The van der Waals surface area contributed by atoms with Crippen molar-refractivity contribution in [2.75, 3.05) is 5.32 Å². The summed E-state index contributed by atoms with van der Waals surface area (Å²) in [6.45, 7) is 1.90. The van der Waals surface area contributed by atoms with E-state index in [0.29, 0.717) is 11.3 Å². The number of hydrazone groups is 1. The Hall–Kier alpha value is -4.32. The van der Waals surface area contributed by atoms with Crippen LogP contribution < -0.4 is 15.5 Å². The predicted molar refractivity (Wildman–Crippen MR) is 125 cm³/mol. The molecule has 0 aliphatic rings. The molecule has 0 aliphatic heterocycles. The molecule has 2 N–H and O–H groups in total. The molecule has 0 saturated heterocycles. The second-order valence-electron chi connectivity index (χ2n) is 6.63. The second kappa shape index (κ2) is 10.3. The fourth-order valence-electron chi connectivity index (χ4n) is 2.64. The van der Waals surface area contributed by atoms with Gasteiger partial charge in [0.2, 0.25) is 5.75 Å². The Bertz CT molecular complexity index is 1250. The third-order valence-electron chi connectivity index (χ3n) is 4.25. The van der Waals surface area contributed by atoms with Crippen molar-refractivity contribution in [2.24, 2.45) is 5.10 Å². The van der Waals surface area contributed by atoms with E-state index in [2.05, 4.69) is 31.8 Å². The highest BCUT2D eigenvalue weighted by Crippen LogP contribution is 2.34. The van der Waals surface area contributed by atoms with Gasteiger partial charge in [0.25, 0.3) is 5.69 Å². The van der Waals surface area contributed by atoms with E-state index in [1.165, 1.54) is 24.4 Å². The summed E-state index contributed by atoms with van der Waals surface area (Å²) in [5, 5.41) is 28.6. The van der Waals surface area contributed by atoms with Gasteiger partial charge >= 0.3 is 11.7 Å². The average Bonchev–Trinajstić information content (AvgIpc) is 2.77. The minimum absolute atomic E-state index is 0.131. The van der Waals surface area contributed by atoms with Crippen LogP contribution >= 0.6 is 15.9 Å². The van der Waals surface area contributed by atoms with Gasteiger partial charge in [0, 0.05) is 16.2 Å². The lowest BCUT2D eigenvalue weighted by Crippen LogP contribution is -2.24. The molecule has 3 rings (SSSR count). The number of anilines is 1. The normalized spacial score (nSPS) is 10.6. The number of non-ortho nitro benzene ring substituents is 1. The lowest BCUT2D eigenvalue weighted by molar-refractivity contribution is -0.394. The zero-order valence-electron chi connectivity index (χ0n) is 17.0. The summed E-state index contributed by atoms with van der Waals surface area (Å²) in [5.74, 6) is 0.147. The van der Waals surface area contributed by atoms with Crippen molar-refractivity contribution < 1.29 is 19.4 Å². The number of hydrogen-bond donors (Lipinski definition) is 2. The van der Waals surface area contributed by atoms with Crippen molar-refractivity contribution in [2.45, 2.75) is 6.92 Å². The molecule has 0 unspecified atom stereocenters. The van der Waals surface area contributed by atoms with Gasteiger partial charge in [0.15, 0.2) is 0 Å². The number of nitrogens with one attached hydrogen (secondary N) is 2. The number of hydrogen-bond acceptors (Lipinski definition) is 7. The molecule has 11 nitrogen and oxygen atoms in total. The third kappa shape index (κ3) is 6.33. The fraction of sp³-hybridized carbons (Fsp3) is 0.0476. The number of amides is 2. The van der Waals surface area contributed by atoms with Gasteiger partial charge in [-0.15, -0.1) is 0 Å². The van der Waals surface area contributed by atoms with Crippen molar-refractivity contribution in [1.29, 1.82) is 0 Å². The maximum atomic E-state index is 11.9. The molecule has 0 atom stereocenters. The minimum Gasteiger partial charge on any atom is -0.450 e. The molecule has 12 heteroatoms. The van der Waals surface area contributed by atoms with Gasteiger partial charge in [0.1, 0.15) is 5.75 Å². The maximum Gasteiger partial charge on any atom is 0.339 e. The molecule has 3 aromatic rings. The summed E-state index contributed by atoms with van der Waals surface area (Å²) in [4.78, 5) is 32.5. The van der Waals surface area contributed by atoms with Crippen LogP contribution in [0, 0.1) is 27.2 Å². The van der Waals surface area contributed by atoms with Crippen LogP contribution in [0.1, 0.15) is 11.1 Å². The van der Waals surface area contributed by atoms with Crippen molar-refractivity contribution in [3.63, 3.8) is 0 Å². The van der Waals surface area contributed by atoms with E-state index in [0.717, 1.165) is 22.2 Å². The molecule has 3 aromatic carbocycles. The first-order valence-corrected chi connectivity index (χ1v) is 10.1. The van der Waals surface area contributed by atoms with Crippen LogP contribution in [-0.4, -0.2) is 22.1 Å². The lowest BCUT2D eigenvalue weighted by Gasteiger charge is -2.07. The number of rotatable bonds is 7. The number of urea groups is 1. The highest BCUT2D eigenvalue weighted by atomic mass is 79.9.